The van der Waals surface area contributed by atoms with Gasteiger partial charge in [-0.05, 0) is 60.2 Å². The van der Waals surface area contributed by atoms with Gasteiger partial charge < -0.3 is 15.8 Å². The van der Waals surface area contributed by atoms with Gasteiger partial charge in [-0.1, -0.05) is 59.2 Å². The van der Waals surface area contributed by atoms with E-state index in [9.17, 15) is 44.7 Å². The third-order valence-corrected chi connectivity index (χ3v) is 7.14. The molecule has 1 aromatic heterocycles. The molecule has 1 atom stereocenters. The van der Waals surface area contributed by atoms with Crippen LogP contribution in [0.4, 0.5) is 39.9 Å². The first-order chi connectivity index (χ1) is 24.0. The molecular formula is C33H40ClF8N7O3. The number of carbonyl (C=O) groups excluding carboxylic acids is 2. The Bertz CT molecular complexity index is 1680. The number of ether oxygens (including phenoxy) is 1. The molecule has 1 saturated carbocycles. The van der Waals surface area contributed by atoms with E-state index in [1.54, 1.807) is 5.32 Å². The topological polar surface area (TPSA) is 128 Å². The van der Waals surface area contributed by atoms with Gasteiger partial charge in [-0.3, -0.25) is 14.7 Å². The first-order valence-corrected chi connectivity index (χ1v) is 16.1. The molecule has 4 rings (SSSR count). The van der Waals surface area contributed by atoms with Gasteiger partial charge in [-0.15, -0.1) is 0 Å². The van der Waals surface area contributed by atoms with Crippen LogP contribution in [0, 0.1) is 5.41 Å². The zero-order valence-electron chi connectivity index (χ0n) is 29.3. The minimum atomic E-state index is -4.78. The molecule has 2 aromatic carbocycles. The van der Waals surface area contributed by atoms with Crippen LogP contribution in [-0.4, -0.2) is 63.0 Å². The van der Waals surface area contributed by atoms with E-state index in [1.165, 1.54) is 12.1 Å². The van der Waals surface area contributed by atoms with Crippen molar-refractivity contribution in [1.29, 1.82) is 0 Å². The van der Waals surface area contributed by atoms with Crippen LogP contribution in [0.2, 0.25) is 5.02 Å². The van der Waals surface area contributed by atoms with Gasteiger partial charge in [0, 0.05) is 12.6 Å². The molecule has 0 saturated heterocycles. The average Bonchev–Trinajstić information content (AvgIpc) is 3.68. The second-order valence-corrected chi connectivity index (χ2v) is 13.1. The Balaban J connectivity index is 0.00000123. The molecule has 3 aromatic rings. The fourth-order valence-corrected chi connectivity index (χ4v) is 4.45. The number of nitrogens with zero attached hydrogens (tertiary/aromatic N) is 5. The molecule has 10 nitrogen and oxygen atoms in total. The lowest BCUT2D eigenvalue weighted by Gasteiger charge is -2.31. The van der Waals surface area contributed by atoms with Gasteiger partial charge in [0.05, 0.1) is 22.3 Å². The predicted molar refractivity (Wildman–Crippen MR) is 178 cm³/mol. The Kier molecular flexibility index (Phi) is 14.6. The summed E-state index contributed by atoms with van der Waals surface area (Å²) < 4.78 is 112. The van der Waals surface area contributed by atoms with Crippen molar-refractivity contribution in [3.63, 3.8) is 0 Å². The zero-order valence-corrected chi connectivity index (χ0v) is 30.1. The predicted octanol–water partition coefficient (Wildman–Crippen LogP) is 8.90. The van der Waals surface area contributed by atoms with E-state index in [2.05, 4.69) is 42.8 Å². The lowest BCUT2D eigenvalue weighted by Crippen LogP contribution is -2.49. The highest BCUT2D eigenvalue weighted by Crippen LogP contribution is 2.49. The molecule has 1 heterocycles. The second-order valence-electron chi connectivity index (χ2n) is 12.7. The number of hydrogen-bond acceptors (Lipinski definition) is 6. The summed E-state index contributed by atoms with van der Waals surface area (Å²) in [4.78, 5) is 34.2. The molecule has 0 bridgehead atoms. The summed E-state index contributed by atoms with van der Waals surface area (Å²) in [5, 5.41) is 5.37. The highest BCUT2D eigenvalue weighted by Gasteiger charge is 2.64. The van der Waals surface area contributed by atoms with Gasteiger partial charge in [0.1, 0.15) is 18.5 Å². The Labute approximate surface area is 300 Å². The number of amides is 2. The molecule has 19 heteroatoms. The number of alkyl halides is 8. The number of rotatable bonds is 8. The number of benzene rings is 2. The molecule has 1 aliphatic carbocycles. The van der Waals surface area contributed by atoms with Crippen LogP contribution in [-0.2, 0) is 10.9 Å². The average molecular weight is 770 g/mol. The van der Waals surface area contributed by atoms with Crippen molar-refractivity contribution in [2.45, 2.75) is 84.7 Å². The largest absolute Gasteiger partial charge is 0.447 e. The van der Waals surface area contributed by atoms with Crippen molar-refractivity contribution in [1.82, 2.24) is 25.0 Å². The van der Waals surface area contributed by atoms with E-state index in [4.69, 9.17) is 22.1 Å². The highest BCUT2D eigenvalue weighted by atomic mass is 35.5. The third kappa shape index (κ3) is 11.5. The SMILES string of the molecule is CC.CC(C)(C)C.CN=C(N)N(C(=O)c1ccc(C(F)(F)F)cc1)[C@H](COC(=O)NC1(C(F)(F)F)CC1)c1ccc(Cl)c(-n2ncnc2C(F)F)c1. The molecular weight excluding hydrogens is 730 g/mol. The van der Waals surface area contributed by atoms with Gasteiger partial charge in [0.2, 0.25) is 0 Å². The smallest absolute Gasteiger partial charge is 0.416 e. The molecule has 52 heavy (non-hydrogen) atoms. The Morgan fingerprint density at radius 1 is 1.04 bits per heavy atom. The van der Waals surface area contributed by atoms with Crippen molar-refractivity contribution in [2.75, 3.05) is 13.7 Å². The summed E-state index contributed by atoms with van der Waals surface area (Å²) in [5.41, 5.74) is 2.41. The van der Waals surface area contributed by atoms with Crippen molar-refractivity contribution in [3.05, 3.63) is 76.3 Å². The van der Waals surface area contributed by atoms with E-state index in [0.717, 1.165) is 36.5 Å². The minimum Gasteiger partial charge on any atom is -0.447 e. The lowest BCUT2D eigenvalue weighted by molar-refractivity contribution is -0.164. The molecule has 1 aliphatic rings. The second kappa shape index (κ2) is 17.4. The summed E-state index contributed by atoms with van der Waals surface area (Å²) in [6, 6.07) is 5.06. The molecule has 288 valence electrons. The molecule has 0 radical (unpaired) electrons. The number of aliphatic imine (C=N–C) groups is 1. The molecule has 1 fully saturated rings. The summed E-state index contributed by atoms with van der Waals surface area (Å²) in [7, 11) is 1.16. The maximum atomic E-state index is 13.7. The number of alkyl carbamates (subject to hydrolysis) is 1. The van der Waals surface area contributed by atoms with Gasteiger partial charge in [-0.25, -0.2) is 23.2 Å². The van der Waals surface area contributed by atoms with Crippen molar-refractivity contribution < 1.29 is 49.4 Å². The first-order valence-electron chi connectivity index (χ1n) is 15.7. The van der Waals surface area contributed by atoms with E-state index in [0.29, 0.717) is 22.2 Å². The monoisotopic (exact) mass is 769 g/mol. The fraction of sp³-hybridized carbons (Fsp3) is 0.485. The van der Waals surface area contributed by atoms with Gasteiger partial charge in [0.25, 0.3) is 12.3 Å². The molecule has 0 unspecified atom stereocenters. The van der Waals surface area contributed by atoms with E-state index >= 15 is 0 Å². The summed E-state index contributed by atoms with van der Waals surface area (Å²) in [5.74, 6) is -2.41. The van der Waals surface area contributed by atoms with Crippen LogP contribution in [0.25, 0.3) is 5.69 Å². The third-order valence-electron chi connectivity index (χ3n) is 6.82. The van der Waals surface area contributed by atoms with Crippen LogP contribution in [0.3, 0.4) is 0 Å². The lowest BCUT2D eigenvalue weighted by atomic mass is 10.0. The van der Waals surface area contributed by atoms with E-state index in [-0.39, 0.29) is 21.8 Å². The van der Waals surface area contributed by atoms with E-state index in [1.807, 2.05) is 13.8 Å². The maximum Gasteiger partial charge on any atom is 0.416 e. The van der Waals surface area contributed by atoms with Gasteiger partial charge >= 0.3 is 18.4 Å². The number of halogens is 9. The number of aromatic nitrogens is 3. The van der Waals surface area contributed by atoms with Crippen LogP contribution < -0.4 is 11.1 Å². The summed E-state index contributed by atoms with van der Waals surface area (Å²) in [6.45, 7) is 11.9. The molecule has 3 N–H and O–H groups in total. The molecule has 0 aliphatic heterocycles. The number of carbonyl (C=O) groups is 2. The van der Waals surface area contributed by atoms with Gasteiger partial charge in [-0.2, -0.15) is 31.4 Å². The maximum absolute atomic E-state index is 13.7. The Hall–Kier alpha value is -4.48. The first kappa shape index (κ1) is 43.7. The quantitative estimate of drug-likeness (QED) is 0.134. The van der Waals surface area contributed by atoms with Gasteiger partial charge in [0.15, 0.2) is 11.8 Å². The van der Waals surface area contributed by atoms with Crippen molar-refractivity contribution >= 4 is 29.6 Å². The summed E-state index contributed by atoms with van der Waals surface area (Å²) >= 11 is 6.24. The van der Waals surface area contributed by atoms with Crippen LogP contribution in [0.1, 0.15) is 94.2 Å². The summed E-state index contributed by atoms with van der Waals surface area (Å²) in [6.07, 6.45) is -14.1. The Morgan fingerprint density at radius 3 is 2.06 bits per heavy atom. The standard InChI is InChI=1S/C26H22ClF8N7O3.C5H12.C2H6/c1-37-22(36)41(21(43)13-2-5-15(6-3-13)25(30,31)32)18(11-45-23(44)40-24(8-9-24)26(33,34)35)14-4-7-16(27)17(10-14)42-20(19(28)29)38-12-39-42;1-5(2,3)4;1-2/h2-7,10,12,18-19H,8-9,11H2,1H3,(H2,36,37)(H,40,44);1-4H3;1-2H3/t18-;;/m1../s1. The van der Waals surface area contributed by atoms with Crippen molar-refractivity contribution in [3.8, 4) is 5.69 Å². The molecule has 0 spiro atoms. The fourth-order valence-electron chi connectivity index (χ4n) is 4.25. The van der Waals surface area contributed by atoms with E-state index < -0.39 is 79.2 Å². The van der Waals surface area contributed by atoms with Crippen LogP contribution >= 0.6 is 11.6 Å². The zero-order chi connectivity index (χ0) is 39.8. The minimum absolute atomic E-state index is 0.0262. The number of hydrogen-bond donors (Lipinski definition) is 2. The highest BCUT2D eigenvalue weighted by molar-refractivity contribution is 6.32. The number of nitrogens with two attached hydrogens (primary N) is 1. The van der Waals surface area contributed by atoms with Crippen LogP contribution in [0.15, 0.2) is 53.8 Å². The molecule has 2 amide bonds. The Morgan fingerprint density at radius 2 is 1.60 bits per heavy atom. The van der Waals surface area contributed by atoms with Crippen molar-refractivity contribution in [2.24, 2.45) is 16.1 Å². The normalized spacial score (nSPS) is 14.7. The number of guanidine groups is 1. The number of nitrogens with one attached hydrogen (secondary N) is 1. The van der Waals surface area contributed by atoms with Crippen LogP contribution in [0.5, 0.6) is 0 Å².